The first kappa shape index (κ1) is 16.7. The van der Waals surface area contributed by atoms with Gasteiger partial charge in [-0.25, -0.2) is 0 Å². The Balaban J connectivity index is 0. The molecule has 0 aromatic heterocycles. The van der Waals surface area contributed by atoms with E-state index in [0.717, 1.165) is 0 Å². The Bertz CT molecular complexity index is 211. The molecule has 1 unspecified atom stereocenters. The number of Topliss-reactive ketones (excluding diaryl/α,β-unsaturated/α-hetero) is 1. The van der Waals surface area contributed by atoms with E-state index in [2.05, 4.69) is 5.32 Å². The summed E-state index contributed by atoms with van der Waals surface area (Å²) in [5.41, 5.74) is 0.0604. The van der Waals surface area contributed by atoms with Crippen molar-refractivity contribution in [2.75, 3.05) is 6.54 Å². The predicted octanol–water partition coefficient (Wildman–Crippen LogP) is 3.14. The molecule has 0 amide bonds. The number of rotatable bonds is 1. The number of carbonyl (C=O) groups excluding carboxylic acids is 1. The van der Waals surface area contributed by atoms with Crippen molar-refractivity contribution in [3.05, 3.63) is 11.7 Å². The molecule has 90 valence electrons. The average molecular weight is 221 g/mol. The Morgan fingerprint density at radius 2 is 1.73 bits per heavy atom. The topological polar surface area (TPSA) is 29.1 Å². The second kappa shape index (κ2) is 9.77. The molecule has 4 heteroatoms. The summed E-state index contributed by atoms with van der Waals surface area (Å²) >= 11 is 0. The van der Waals surface area contributed by atoms with E-state index < -0.39 is 12.1 Å². The van der Waals surface area contributed by atoms with Crippen LogP contribution in [0, 0.1) is 0 Å². The molecule has 1 saturated heterocycles. The van der Waals surface area contributed by atoms with E-state index >= 15 is 0 Å². The molecule has 0 saturated carbocycles. The molecule has 1 N–H and O–H groups in total. The molecule has 1 fully saturated rings. The van der Waals surface area contributed by atoms with Gasteiger partial charge in [0.1, 0.15) is 5.78 Å². The molecular weight excluding hydrogens is 200 g/mol. The number of nitrogens with one attached hydrogen (secondary N) is 1. The number of carbonyl (C=O) groups is 1. The van der Waals surface area contributed by atoms with E-state index in [1.54, 1.807) is 0 Å². The van der Waals surface area contributed by atoms with E-state index in [1.807, 2.05) is 27.7 Å². The summed E-state index contributed by atoms with van der Waals surface area (Å²) in [6.45, 7) is 9.54. The molecule has 1 aliphatic heterocycles. The minimum Gasteiger partial charge on any atom is -0.303 e. The minimum absolute atomic E-state index is 0.0604. The van der Waals surface area contributed by atoms with Gasteiger partial charge >= 0.3 is 0 Å². The first-order chi connectivity index (χ1) is 7.11. The van der Waals surface area contributed by atoms with Crippen LogP contribution >= 0.6 is 0 Å². The smallest absolute Gasteiger partial charge is 0.270 e. The maximum absolute atomic E-state index is 11.9. The number of hydrogen-bond acceptors (Lipinski definition) is 2. The lowest BCUT2D eigenvalue weighted by molar-refractivity contribution is -0.118. The van der Waals surface area contributed by atoms with Crippen LogP contribution in [0.1, 0.15) is 41.0 Å². The molecule has 0 radical (unpaired) electrons. The fourth-order valence-corrected chi connectivity index (χ4v) is 1.07. The Morgan fingerprint density at radius 3 is 1.93 bits per heavy atom. The van der Waals surface area contributed by atoms with Gasteiger partial charge in [-0.05, 0) is 13.3 Å². The highest BCUT2D eigenvalue weighted by Crippen LogP contribution is 2.18. The van der Waals surface area contributed by atoms with Crippen molar-refractivity contribution >= 4 is 5.78 Å². The van der Waals surface area contributed by atoms with E-state index in [0.29, 0.717) is 0 Å². The minimum atomic E-state index is -1.65. The van der Waals surface area contributed by atoms with Crippen LogP contribution in [-0.2, 0) is 4.79 Å². The van der Waals surface area contributed by atoms with Gasteiger partial charge in [-0.15, -0.1) is 0 Å². The molecule has 2 nitrogen and oxygen atoms in total. The molecule has 1 rings (SSSR count). The quantitative estimate of drug-likeness (QED) is 0.737. The van der Waals surface area contributed by atoms with Crippen molar-refractivity contribution in [2.24, 2.45) is 0 Å². The van der Waals surface area contributed by atoms with E-state index in [-0.39, 0.29) is 24.3 Å². The molecule has 1 aliphatic rings. The summed E-state index contributed by atoms with van der Waals surface area (Å²) in [5, 5.41) is 2.70. The zero-order chi connectivity index (χ0) is 12.4. The van der Waals surface area contributed by atoms with Gasteiger partial charge < -0.3 is 5.32 Å². The fraction of sp³-hybridized carbons (Fsp3) is 0.727. The Kier molecular flexibility index (Phi) is 10.8. The van der Waals surface area contributed by atoms with Crippen molar-refractivity contribution in [3.8, 4) is 0 Å². The van der Waals surface area contributed by atoms with Gasteiger partial charge in [-0.1, -0.05) is 27.7 Å². The van der Waals surface area contributed by atoms with Crippen LogP contribution in [0.5, 0.6) is 0 Å². The van der Waals surface area contributed by atoms with Crippen molar-refractivity contribution in [1.82, 2.24) is 5.32 Å². The van der Waals surface area contributed by atoms with E-state index in [4.69, 9.17) is 0 Å². The molecule has 1 heterocycles. The fourth-order valence-electron chi connectivity index (χ4n) is 1.07. The number of ketones is 1. The molecule has 0 aromatic rings. The molecule has 0 aliphatic carbocycles. The van der Waals surface area contributed by atoms with Gasteiger partial charge in [0.25, 0.3) is 6.08 Å². The second-order valence-electron chi connectivity index (χ2n) is 2.61. The van der Waals surface area contributed by atoms with Crippen LogP contribution in [0.4, 0.5) is 8.78 Å². The van der Waals surface area contributed by atoms with Crippen LogP contribution < -0.4 is 5.32 Å². The van der Waals surface area contributed by atoms with Crippen LogP contribution in [0.25, 0.3) is 0 Å². The van der Waals surface area contributed by atoms with Gasteiger partial charge in [0.2, 0.25) is 0 Å². The highest BCUT2D eigenvalue weighted by molar-refractivity contribution is 5.82. The van der Waals surface area contributed by atoms with Gasteiger partial charge in [0.05, 0.1) is 6.04 Å². The zero-order valence-corrected chi connectivity index (χ0v) is 10.2. The third kappa shape index (κ3) is 6.33. The normalized spacial score (nSPS) is 18.3. The second-order valence-corrected chi connectivity index (χ2v) is 2.61. The Labute approximate surface area is 90.7 Å². The molecule has 0 bridgehead atoms. The standard InChI is InChI=1S/C7H9F2NO.2C2H6/c1-4(11)6-2-5(3-10-6)7(8)9;2*1-2/h6,10H,2-3H2,1H3;2*1-2H3. The molecule has 1 atom stereocenters. The van der Waals surface area contributed by atoms with Crippen molar-refractivity contribution in [2.45, 2.75) is 47.1 Å². The SMILES string of the molecule is CC.CC.CC(=O)C1CC(=C(F)F)CN1. The summed E-state index contributed by atoms with van der Waals surface area (Å²) in [6, 6.07) is -0.397. The van der Waals surface area contributed by atoms with Crippen LogP contribution in [0.15, 0.2) is 11.7 Å². The van der Waals surface area contributed by atoms with Crippen molar-refractivity contribution in [1.29, 1.82) is 0 Å². The van der Waals surface area contributed by atoms with Gasteiger partial charge in [-0.2, -0.15) is 8.78 Å². The number of hydrogen-bond donors (Lipinski definition) is 1. The monoisotopic (exact) mass is 221 g/mol. The zero-order valence-electron chi connectivity index (χ0n) is 10.2. The lowest BCUT2D eigenvalue weighted by Gasteiger charge is -2.01. The maximum atomic E-state index is 11.9. The maximum Gasteiger partial charge on any atom is 0.270 e. The first-order valence-electron chi connectivity index (χ1n) is 5.38. The number of halogens is 2. The van der Waals surface area contributed by atoms with E-state index in [1.165, 1.54) is 6.92 Å². The molecule has 0 aromatic carbocycles. The lowest BCUT2D eigenvalue weighted by Crippen LogP contribution is -2.28. The summed E-state index contributed by atoms with van der Waals surface area (Å²) in [6.07, 6.45) is -1.49. The highest BCUT2D eigenvalue weighted by atomic mass is 19.3. The summed E-state index contributed by atoms with van der Waals surface area (Å²) in [7, 11) is 0. The summed E-state index contributed by atoms with van der Waals surface area (Å²) in [4.78, 5) is 10.7. The van der Waals surface area contributed by atoms with Gasteiger partial charge in [0, 0.05) is 12.1 Å². The Morgan fingerprint density at radius 1 is 1.27 bits per heavy atom. The third-order valence-electron chi connectivity index (χ3n) is 1.77. The van der Waals surface area contributed by atoms with Gasteiger partial charge in [-0.3, -0.25) is 4.79 Å². The largest absolute Gasteiger partial charge is 0.303 e. The lowest BCUT2D eigenvalue weighted by atomic mass is 10.1. The van der Waals surface area contributed by atoms with Crippen LogP contribution in [0.3, 0.4) is 0 Å². The summed E-state index contributed by atoms with van der Waals surface area (Å²) < 4.78 is 23.8. The average Bonchev–Trinajstić information content (AvgIpc) is 2.73. The van der Waals surface area contributed by atoms with Crippen LogP contribution in [-0.4, -0.2) is 18.4 Å². The highest BCUT2D eigenvalue weighted by Gasteiger charge is 2.24. The van der Waals surface area contributed by atoms with Gasteiger partial charge in [0.15, 0.2) is 0 Å². The third-order valence-corrected chi connectivity index (χ3v) is 1.77. The first-order valence-corrected chi connectivity index (χ1v) is 5.38. The van der Waals surface area contributed by atoms with Crippen molar-refractivity contribution < 1.29 is 13.6 Å². The molecule has 0 spiro atoms. The van der Waals surface area contributed by atoms with E-state index in [9.17, 15) is 13.6 Å². The Hall–Kier alpha value is -0.770. The predicted molar refractivity (Wildman–Crippen MR) is 59.0 cm³/mol. The summed E-state index contributed by atoms with van der Waals surface area (Å²) in [5.74, 6) is -0.0822. The molecular formula is C11H21F2NO. The molecule has 15 heavy (non-hydrogen) atoms. The van der Waals surface area contributed by atoms with Crippen molar-refractivity contribution in [3.63, 3.8) is 0 Å². The van der Waals surface area contributed by atoms with Crippen LogP contribution in [0.2, 0.25) is 0 Å².